The fourth-order valence-electron chi connectivity index (χ4n) is 3.77. The van der Waals surface area contributed by atoms with E-state index in [0.29, 0.717) is 30.7 Å². The van der Waals surface area contributed by atoms with E-state index in [1.54, 1.807) is 12.1 Å². The van der Waals surface area contributed by atoms with Gasteiger partial charge < -0.3 is 20.1 Å². The van der Waals surface area contributed by atoms with Crippen LogP contribution in [0, 0.1) is 6.92 Å². The molecule has 2 N–H and O–H groups in total. The van der Waals surface area contributed by atoms with Crippen LogP contribution < -0.4 is 15.4 Å². The summed E-state index contributed by atoms with van der Waals surface area (Å²) in [4.78, 5) is 7.04. The minimum absolute atomic E-state index is 0. The standard InChI is InChI=1S/C20H30F2N4O2.HI/c1-3-23-20(25-11-17-12-26-8-4-5-16(26)13-27-17)24-10-15-9-14(2)6-7-18(15)28-19(21)22;/h6-7,9,16-17,19H,3-5,8,10-13H2,1-2H3,(H2,23,24,25);1H. The lowest BCUT2D eigenvalue weighted by Gasteiger charge is -2.35. The first-order valence-electron chi connectivity index (χ1n) is 9.97. The molecule has 164 valence electrons. The smallest absolute Gasteiger partial charge is 0.387 e. The summed E-state index contributed by atoms with van der Waals surface area (Å²) in [5, 5.41) is 6.51. The molecule has 9 heteroatoms. The molecule has 0 radical (unpaired) electrons. The molecule has 2 saturated heterocycles. The number of alkyl halides is 2. The number of hydrogen-bond acceptors (Lipinski definition) is 4. The predicted molar refractivity (Wildman–Crippen MR) is 120 cm³/mol. The number of fused-ring (bicyclic) bond motifs is 1. The molecule has 2 aliphatic heterocycles. The average Bonchev–Trinajstić information content (AvgIpc) is 3.13. The molecule has 1 aromatic carbocycles. The number of ether oxygens (including phenoxy) is 2. The van der Waals surface area contributed by atoms with Crippen molar-refractivity contribution in [3.8, 4) is 5.75 Å². The quantitative estimate of drug-likeness (QED) is 0.326. The summed E-state index contributed by atoms with van der Waals surface area (Å²) >= 11 is 0. The Hall–Kier alpha value is -1.20. The molecule has 2 heterocycles. The highest BCUT2D eigenvalue weighted by molar-refractivity contribution is 14.0. The van der Waals surface area contributed by atoms with Gasteiger partial charge in [0.05, 0.1) is 19.3 Å². The van der Waals surface area contributed by atoms with E-state index in [9.17, 15) is 8.78 Å². The van der Waals surface area contributed by atoms with Gasteiger partial charge in [0.25, 0.3) is 0 Å². The van der Waals surface area contributed by atoms with E-state index in [1.807, 2.05) is 19.9 Å². The number of benzene rings is 1. The van der Waals surface area contributed by atoms with Crippen LogP contribution in [0.5, 0.6) is 5.75 Å². The van der Waals surface area contributed by atoms with E-state index in [4.69, 9.17) is 4.74 Å². The van der Waals surface area contributed by atoms with Crippen molar-refractivity contribution < 1.29 is 18.3 Å². The number of guanidine groups is 1. The molecule has 0 aromatic heterocycles. The molecule has 2 aliphatic rings. The van der Waals surface area contributed by atoms with Gasteiger partial charge in [-0.15, -0.1) is 24.0 Å². The Kier molecular flexibility index (Phi) is 9.84. The van der Waals surface area contributed by atoms with Gasteiger partial charge in [0.15, 0.2) is 5.96 Å². The fourth-order valence-corrected chi connectivity index (χ4v) is 3.77. The highest BCUT2D eigenvalue weighted by Crippen LogP contribution is 2.23. The second kappa shape index (κ2) is 11.8. The van der Waals surface area contributed by atoms with Gasteiger partial charge in [-0.05, 0) is 39.3 Å². The maximum absolute atomic E-state index is 12.6. The zero-order valence-electron chi connectivity index (χ0n) is 17.0. The van der Waals surface area contributed by atoms with Gasteiger partial charge in [-0.3, -0.25) is 4.90 Å². The molecule has 6 nitrogen and oxygen atoms in total. The van der Waals surface area contributed by atoms with Crippen molar-refractivity contribution in [2.45, 2.75) is 52.0 Å². The van der Waals surface area contributed by atoms with Crippen molar-refractivity contribution in [1.82, 2.24) is 15.5 Å². The molecule has 0 saturated carbocycles. The van der Waals surface area contributed by atoms with E-state index in [2.05, 4.69) is 25.3 Å². The lowest BCUT2D eigenvalue weighted by atomic mass is 10.1. The van der Waals surface area contributed by atoms with E-state index in [-0.39, 0.29) is 42.4 Å². The van der Waals surface area contributed by atoms with Crippen LogP contribution in [0.15, 0.2) is 23.2 Å². The molecule has 3 rings (SSSR count). The van der Waals surface area contributed by atoms with Crippen LogP contribution in [-0.2, 0) is 11.3 Å². The summed E-state index contributed by atoms with van der Waals surface area (Å²) in [5.74, 6) is 0.801. The topological polar surface area (TPSA) is 58.1 Å². The molecule has 0 bridgehead atoms. The average molecular weight is 524 g/mol. The first-order valence-corrected chi connectivity index (χ1v) is 9.97. The Labute approximate surface area is 188 Å². The highest BCUT2D eigenvalue weighted by Gasteiger charge is 2.32. The van der Waals surface area contributed by atoms with Crippen molar-refractivity contribution in [3.63, 3.8) is 0 Å². The summed E-state index contributed by atoms with van der Waals surface area (Å²) < 4.78 is 35.9. The molecular formula is C20H31F2IN4O2. The van der Waals surface area contributed by atoms with Crippen molar-refractivity contribution >= 4 is 29.9 Å². The zero-order valence-corrected chi connectivity index (χ0v) is 19.3. The Balaban J connectivity index is 0.00000300. The predicted octanol–water partition coefficient (Wildman–Crippen LogP) is 3.13. The van der Waals surface area contributed by atoms with Gasteiger partial charge in [-0.2, -0.15) is 8.78 Å². The van der Waals surface area contributed by atoms with Crippen molar-refractivity contribution in [2.24, 2.45) is 4.99 Å². The number of rotatable bonds is 7. The fraction of sp³-hybridized carbons (Fsp3) is 0.650. The summed E-state index contributed by atoms with van der Waals surface area (Å²) in [7, 11) is 0. The van der Waals surface area contributed by atoms with Crippen LogP contribution >= 0.6 is 24.0 Å². The Bertz CT molecular complexity index is 678. The maximum atomic E-state index is 12.6. The van der Waals surface area contributed by atoms with Crippen molar-refractivity contribution in [2.75, 3.05) is 32.8 Å². The second-order valence-electron chi connectivity index (χ2n) is 7.31. The van der Waals surface area contributed by atoms with Crippen LogP contribution in [-0.4, -0.2) is 62.4 Å². The third-order valence-corrected chi connectivity index (χ3v) is 5.14. The number of nitrogens with one attached hydrogen (secondary N) is 2. The van der Waals surface area contributed by atoms with Crippen LogP contribution in [0.2, 0.25) is 0 Å². The minimum atomic E-state index is -2.85. The SMILES string of the molecule is CCNC(=NCc1cc(C)ccc1OC(F)F)NCC1CN2CCCC2CO1.I. The van der Waals surface area contributed by atoms with E-state index < -0.39 is 6.61 Å². The summed E-state index contributed by atoms with van der Waals surface area (Å²) in [6.45, 7) is 5.53. The number of aryl methyl sites for hydroxylation is 1. The Morgan fingerprint density at radius 2 is 2.21 bits per heavy atom. The van der Waals surface area contributed by atoms with E-state index in [0.717, 1.165) is 25.3 Å². The number of aliphatic imine (C=N–C) groups is 1. The summed E-state index contributed by atoms with van der Waals surface area (Å²) in [6, 6.07) is 5.71. The van der Waals surface area contributed by atoms with Gasteiger partial charge in [-0.1, -0.05) is 17.7 Å². The third-order valence-electron chi connectivity index (χ3n) is 5.14. The molecule has 2 unspecified atom stereocenters. The first kappa shape index (κ1) is 24.1. The zero-order chi connectivity index (χ0) is 19.9. The molecular weight excluding hydrogens is 493 g/mol. The normalized spacial score (nSPS) is 22.2. The van der Waals surface area contributed by atoms with Gasteiger partial charge in [0, 0.05) is 31.2 Å². The van der Waals surface area contributed by atoms with Gasteiger partial charge in [-0.25, -0.2) is 4.99 Å². The van der Waals surface area contributed by atoms with Gasteiger partial charge >= 0.3 is 6.61 Å². The number of morpholine rings is 1. The third kappa shape index (κ3) is 7.21. The van der Waals surface area contributed by atoms with E-state index in [1.165, 1.54) is 12.8 Å². The lowest BCUT2D eigenvalue weighted by molar-refractivity contribution is -0.0504. The number of nitrogens with zero attached hydrogens (tertiary/aromatic N) is 2. The number of halogens is 3. The molecule has 2 atom stereocenters. The second-order valence-corrected chi connectivity index (χ2v) is 7.31. The van der Waals surface area contributed by atoms with Gasteiger partial charge in [0.1, 0.15) is 5.75 Å². The van der Waals surface area contributed by atoms with Crippen LogP contribution in [0.4, 0.5) is 8.78 Å². The minimum Gasteiger partial charge on any atom is -0.434 e. The largest absolute Gasteiger partial charge is 0.434 e. The lowest BCUT2D eigenvalue weighted by Crippen LogP contribution is -2.51. The molecule has 2 fully saturated rings. The highest BCUT2D eigenvalue weighted by atomic mass is 127. The molecule has 0 aliphatic carbocycles. The van der Waals surface area contributed by atoms with Gasteiger partial charge in [0.2, 0.25) is 0 Å². The number of hydrogen-bond donors (Lipinski definition) is 2. The van der Waals surface area contributed by atoms with Crippen molar-refractivity contribution in [1.29, 1.82) is 0 Å². The summed E-state index contributed by atoms with van der Waals surface area (Å²) in [6.07, 6.45) is 2.59. The molecule has 1 aromatic rings. The first-order chi connectivity index (χ1) is 13.5. The van der Waals surface area contributed by atoms with Crippen LogP contribution in [0.25, 0.3) is 0 Å². The maximum Gasteiger partial charge on any atom is 0.387 e. The summed E-state index contributed by atoms with van der Waals surface area (Å²) in [5.41, 5.74) is 1.60. The molecule has 0 spiro atoms. The molecule has 29 heavy (non-hydrogen) atoms. The van der Waals surface area contributed by atoms with E-state index >= 15 is 0 Å². The van der Waals surface area contributed by atoms with Crippen LogP contribution in [0.3, 0.4) is 0 Å². The Morgan fingerprint density at radius 3 is 2.97 bits per heavy atom. The van der Waals surface area contributed by atoms with Crippen molar-refractivity contribution in [3.05, 3.63) is 29.3 Å². The van der Waals surface area contributed by atoms with Crippen LogP contribution in [0.1, 0.15) is 30.9 Å². The molecule has 0 amide bonds. The Morgan fingerprint density at radius 1 is 1.38 bits per heavy atom. The monoisotopic (exact) mass is 524 g/mol.